The molecule has 6 nitrogen and oxygen atoms in total. The van der Waals surface area contributed by atoms with E-state index in [1.807, 2.05) is 31.5 Å². The number of imidazole rings is 1. The fourth-order valence-corrected chi connectivity index (χ4v) is 3.02. The second-order valence-electron chi connectivity index (χ2n) is 7.18. The van der Waals surface area contributed by atoms with Gasteiger partial charge in [-0.1, -0.05) is 0 Å². The smallest absolute Gasteiger partial charge is 0.410 e. The normalized spacial score (nSPS) is 16.8. The Morgan fingerprint density at radius 1 is 1.30 bits per heavy atom. The fraction of sp³-hybridized carbons (Fsp3) is 0.588. The van der Waals surface area contributed by atoms with Gasteiger partial charge >= 0.3 is 6.09 Å². The van der Waals surface area contributed by atoms with Gasteiger partial charge in [-0.25, -0.2) is 14.3 Å². The molecule has 23 heavy (non-hydrogen) atoms. The van der Waals surface area contributed by atoms with Gasteiger partial charge in [0.15, 0.2) is 5.65 Å². The van der Waals surface area contributed by atoms with E-state index in [0.29, 0.717) is 19.0 Å². The van der Waals surface area contributed by atoms with E-state index in [0.717, 1.165) is 24.2 Å². The number of rotatable bonds is 1. The van der Waals surface area contributed by atoms with Gasteiger partial charge in [-0.2, -0.15) is 5.10 Å². The number of carbonyl (C=O) groups is 1. The average molecular weight is 316 g/mol. The summed E-state index contributed by atoms with van der Waals surface area (Å²) in [5.74, 6) is 0.375. The second-order valence-corrected chi connectivity index (χ2v) is 7.18. The number of fused-ring (bicyclic) bond motifs is 1. The van der Waals surface area contributed by atoms with Crippen molar-refractivity contribution in [2.24, 2.45) is 0 Å². The van der Waals surface area contributed by atoms with Gasteiger partial charge < -0.3 is 9.64 Å². The Bertz CT molecular complexity index is 709. The number of ether oxygens (including phenoxy) is 1. The number of piperidine rings is 1. The number of aromatic nitrogens is 3. The highest BCUT2D eigenvalue weighted by atomic mass is 16.6. The third-order valence-electron chi connectivity index (χ3n) is 4.15. The topological polar surface area (TPSA) is 59.7 Å². The average Bonchev–Trinajstić information content (AvgIpc) is 2.92. The summed E-state index contributed by atoms with van der Waals surface area (Å²) < 4.78 is 7.27. The fourth-order valence-electron chi connectivity index (χ4n) is 3.02. The van der Waals surface area contributed by atoms with Crippen LogP contribution in [-0.2, 0) is 4.74 Å². The molecule has 1 amide bonds. The highest BCUT2D eigenvalue weighted by molar-refractivity contribution is 5.68. The predicted molar refractivity (Wildman–Crippen MR) is 87.5 cm³/mol. The molecule has 6 heteroatoms. The molecule has 2 aromatic rings. The van der Waals surface area contributed by atoms with E-state index in [1.165, 1.54) is 5.56 Å². The van der Waals surface area contributed by atoms with Crippen molar-refractivity contribution in [3.05, 3.63) is 29.7 Å². The molecule has 0 N–H and O–H groups in total. The van der Waals surface area contributed by atoms with E-state index in [9.17, 15) is 4.79 Å². The van der Waals surface area contributed by atoms with Crippen molar-refractivity contribution in [3.63, 3.8) is 0 Å². The van der Waals surface area contributed by atoms with Gasteiger partial charge in [0.1, 0.15) is 5.60 Å². The number of amides is 1. The molecule has 3 rings (SSSR count). The zero-order valence-corrected chi connectivity index (χ0v) is 14.2. The molecule has 0 aliphatic carbocycles. The van der Waals surface area contributed by atoms with Gasteiger partial charge in [-0.3, -0.25) is 0 Å². The first-order chi connectivity index (χ1) is 10.8. The van der Waals surface area contributed by atoms with Crippen molar-refractivity contribution in [1.82, 2.24) is 19.5 Å². The lowest BCUT2D eigenvalue weighted by molar-refractivity contribution is 0.0204. The van der Waals surface area contributed by atoms with Gasteiger partial charge in [0, 0.05) is 31.4 Å². The summed E-state index contributed by atoms with van der Waals surface area (Å²) in [4.78, 5) is 18.2. The van der Waals surface area contributed by atoms with E-state index in [2.05, 4.69) is 18.0 Å². The minimum absolute atomic E-state index is 0.217. The van der Waals surface area contributed by atoms with Crippen LogP contribution in [0.3, 0.4) is 0 Å². The van der Waals surface area contributed by atoms with E-state index >= 15 is 0 Å². The van der Waals surface area contributed by atoms with E-state index in [-0.39, 0.29) is 6.09 Å². The molecule has 2 aromatic heterocycles. The van der Waals surface area contributed by atoms with Crippen LogP contribution in [0, 0.1) is 6.92 Å². The maximum absolute atomic E-state index is 12.1. The van der Waals surface area contributed by atoms with Gasteiger partial charge in [-0.05, 0) is 52.2 Å². The first kappa shape index (κ1) is 15.8. The van der Waals surface area contributed by atoms with Gasteiger partial charge in [0.25, 0.3) is 0 Å². The zero-order chi connectivity index (χ0) is 16.6. The maximum Gasteiger partial charge on any atom is 0.410 e. The number of hydrogen-bond donors (Lipinski definition) is 0. The Hall–Kier alpha value is -2.11. The lowest BCUT2D eigenvalue weighted by atomic mass is 9.91. The number of aryl methyl sites for hydroxylation is 1. The van der Waals surface area contributed by atoms with Crippen LogP contribution >= 0.6 is 0 Å². The first-order valence-corrected chi connectivity index (χ1v) is 8.12. The Kier molecular flexibility index (Phi) is 4.00. The highest BCUT2D eigenvalue weighted by Gasteiger charge is 2.28. The quantitative estimate of drug-likeness (QED) is 0.811. The standard InChI is InChI=1S/C17H24N4O2/c1-12-11-14-18-7-10-21(14)19-15(12)13-5-8-20(9-6-13)16(22)23-17(2,3)4/h7,10-11,13H,5-6,8-9H2,1-4H3. The zero-order valence-electron chi connectivity index (χ0n) is 14.2. The molecule has 0 aromatic carbocycles. The monoisotopic (exact) mass is 316 g/mol. The summed E-state index contributed by atoms with van der Waals surface area (Å²) in [6.07, 6.45) is 5.23. The van der Waals surface area contributed by atoms with E-state index in [1.54, 1.807) is 11.1 Å². The van der Waals surface area contributed by atoms with Crippen molar-refractivity contribution < 1.29 is 9.53 Å². The summed E-state index contributed by atoms with van der Waals surface area (Å²) in [6.45, 7) is 9.18. The Morgan fingerprint density at radius 3 is 2.65 bits per heavy atom. The molecule has 1 aliphatic rings. The molecule has 0 unspecified atom stereocenters. The van der Waals surface area contributed by atoms with Gasteiger partial charge in [0.2, 0.25) is 0 Å². The lowest BCUT2D eigenvalue weighted by Crippen LogP contribution is -2.41. The SMILES string of the molecule is Cc1cc2nccn2nc1C1CCN(C(=O)OC(C)(C)C)CC1. The molecule has 0 bridgehead atoms. The van der Waals surface area contributed by atoms with Crippen molar-refractivity contribution in [2.45, 2.75) is 52.1 Å². The summed E-state index contributed by atoms with van der Waals surface area (Å²) in [5.41, 5.74) is 2.70. The molecule has 124 valence electrons. The summed E-state index contributed by atoms with van der Waals surface area (Å²) in [5, 5.41) is 4.71. The Balaban J connectivity index is 1.68. The number of hydrogen-bond acceptors (Lipinski definition) is 4. The molecule has 1 saturated heterocycles. The minimum atomic E-state index is -0.446. The van der Waals surface area contributed by atoms with Gasteiger partial charge in [-0.15, -0.1) is 0 Å². The molecule has 0 atom stereocenters. The van der Waals surface area contributed by atoms with Crippen LogP contribution < -0.4 is 0 Å². The summed E-state index contributed by atoms with van der Waals surface area (Å²) in [7, 11) is 0. The van der Waals surface area contributed by atoms with Crippen LogP contribution in [0.2, 0.25) is 0 Å². The minimum Gasteiger partial charge on any atom is -0.444 e. The van der Waals surface area contributed by atoms with Gasteiger partial charge in [0.05, 0.1) is 5.69 Å². The number of nitrogens with zero attached hydrogens (tertiary/aromatic N) is 4. The van der Waals surface area contributed by atoms with E-state index < -0.39 is 5.60 Å². The first-order valence-electron chi connectivity index (χ1n) is 8.12. The number of carbonyl (C=O) groups excluding carboxylic acids is 1. The van der Waals surface area contributed by atoms with Crippen molar-refractivity contribution >= 4 is 11.7 Å². The second kappa shape index (κ2) is 5.83. The van der Waals surface area contributed by atoms with Crippen molar-refractivity contribution in [3.8, 4) is 0 Å². The predicted octanol–water partition coefficient (Wildman–Crippen LogP) is 3.15. The molecule has 0 spiro atoms. The van der Waals surface area contributed by atoms with Crippen molar-refractivity contribution in [2.75, 3.05) is 13.1 Å². The van der Waals surface area contributed by atoms with Crippen molar-refractivity contribution in [1.29, 1.82) is 0 Å². The Labute approximate surface area is 136 Å². The third kappa shape index (κ3) is 3.46. The molecular formula is C17H24N4O2. The molecule has 3 heterocycles. The molecule has 0 radical (unpaired) electrons. The molecular weight excluding hydrogens is 292 g/mol. The molecule has 0 saturated carbocycles. The van der Waals surface area contributed by atoms with Crippen LogP contribution in [0.4, 0.5) is 4.79 Å². The molecule has 1 aliphatic heterocycles. The third-order valence-corrected chi connectivity index (χ3v) is 4.15. The lowest BCUT2D eigenvalue weighted by Gasteiger charge is -2.33. The van der Waals surface area contributed by atoms with Crippen LogP contribution in [0.25, 0.3) is 5.65 Å². The maximum atomic E-state index is 12.1. The van der Waals surface area contributed by atoms with Crippen LogP contribution in [0.1, 0.15) is 50.8 Å². The molecule has 1 fully saturated rings. The summed E-state index contributed by atoms with van der Waals surface area (Å²) >= 11 is 0. The largest absolute Gasteiger partial charge is 0.444 e. The summed E-state index contributed by atoms with van der Waals surface area (Å²) in [6, 6.07) is 2.07. The van der Waals surface area contributed by atoms with E-state index in [4.69, 9.17) is 9.84 Å². The van der Waals surface area contributed by atoms with Crippen LogP contribution in [-0.4, -0.2) is 44.3 Å². The van der Waals surface area contributed by atoms with Crippen LogP contribution in [0.15, 0.2) is 18.5 Å². The highest BCUT2D eigenvalue weighted by Crippen LogP contribution is 2.29. The number of likely N-dealkylation sites (tertiary alicyclic amines) is 1. The Morgan fingerprint density at radius 2 is 2.00 bits per heavy atom. The van der Waals surface area contributed by atoms with Crippen LogP contribution in [0.5, 0.6) is 0 Å².